The quantitative estimate of drug-likeness (QED) is 0.215. The number of nitrogens with one attached hydrogen (secondary N) is 2. The fourth-order valence-electron chi connectivity index (χ4n) is 9.50. The molecule has 2 N–H and O–H groups in total. The number of amides is 5. The van der Waals surface area contributed by atoms with Gasteiger partial charge in [0.05, 0.1) is 49.4 Å². The molecule has 1 atom stereocenters. The fourth-order valence-corrected chi connectivity index (χ4v) is 9.50. The molecule has 2 saturated heterocycles. The molecule has 2 aromatic carbocycles. The molecule has 17 heteroatoms. The van der Waals surface area contributed by atoms with Gasteiger partial charge in [-0.15, -0.1) is 0 Å². The second-order valence-electron chi connectivity index (χ2n) is 17.4. The van der Waals surface area contributed by atoms with Crippen molar-refractivity contribution in [3.63, 3.8) is 0 Å². The van der Waals surface area contributed by atoms with Gasteiger partial charge >= 0.3 is 0 Å². The Labute approximate surface area is 366 Å². The van der Waals surface area contributed by atoms with Gasteiger partial charge in [0.1, 0.15) is 52.7 Å². The molecular weight excluding hydrogens is 809 g/mol. The Bertz CT molecular complexity index is 2280. The van der Waals surface area contributed by atoms with Gasteiger partial charge in [-0.05, 0) is 82.9 Å². The third-order valence-corrected chi connectivity index (χ3v) is 13.1. The molecule has 3 aromatic rings. The van der Waals surface area contributed by atoms with Crippen molar-refractivity contribution in [1.82, 2.24) is 30.4 Å². The number of fused-ring (bicyclic) bond motifs is 1. The monoisotopic (exact) mass is 862 g/mol. The van der Waals surface area contributed by atoms with Gasteiger partial charge in [0.25, 0.3) is 17.7 Å². The lowest BCUT2D eigenvalue weighted by molar-refractivity contribution is -0.136. The van der Waals surface area contributed by atoms with Gasteiger partial charge in [-0.25, -0.2) is 9.97 Å². The Balaban J connectivity index is 0.776. The molecule has 63 heavy (non-hydrogen) atoms. The van der Waals surface area contributed by atoms with E-state index in [2.05, 4.69) is 50.3 Å². The number of hydrogen-bond acceptors (Lipinski definition) is 14. The van der Waals surface area contributed by atoms with Crippen molar-refractivity contribution in [3.05, 3.63) is 65.1 Å². The van der Waals surface area contributed by atoms with Crippen molar-refractivity contribution in [2.45, 2.75) is 114 Å². The molecule has 3 aliphatic heterocycles. The third-order valence-electron chi connectivity index (χ3n) is 13.1. The standard InChI is InChI=1S/C46H54N8O9/c1-26(2)53(30-17-33(18-30)63-34-19-35-42(39(21-34)61-4)46(59)54(45(35)58)37-11-12-41(55)51-44(37)57)25-27-13-15-52(16-14-27)40-24-48-36(23-49-40)43(56)50-29-6-9-31(10-7-29)62-32-8-5-28(22-47)38(20-32)60-3/h5,8,19-21,23-24,26-27,29-31,33,37H,6-7,9-18,25H2,1-4H3,(H,50,56)(H,51,55,57)/t29?,30?,31?,33?,37-/m1/s1. The van der Waals surface area contributed by atoms with E-state index >= 15 is 0 Å². The molecule has 2 saturated carbocycles. The van der Waals surface area contributed by atoms with E-state index in [1.807, 2.05) is 0 Å². The van der Waals surface area contributed by atoms with E-state index in [9.17, 15) is 29.2 Å². The van der Waals surface area contributed by atoms with E-state index in [-0.39, 0.29) is 53.9 Å². The number of hydrogen-bond donors (Lipinski definition) is 2. The van der Waals surface area contributed by atoms with Crippen LogP contribution in [0.1, 0.15) is 115 Å². The Morgan fingerprint density at radius 3 is 2.25 bits per heavy atom. The molecule has 332 valence electrons. The zero-order valence-corrected chi connectivity index (χ0v) is 36.1. The lowest BCUT2D eigenvalue weighted by Gasteiger charge is -2.46. The molecular formula is C46H54N8O9. The van der Waals surface area contributed by atoms with Gasteiger partial charge in [0.2, 0.25) is 11.8 Å². The smallest absolute Gasteiger partial charge is 0.271 e. The first-order chi connectivity index (χ1) is 30.4. The third kappa shape index (κ3) is 9.27. The van der Waals surface area contributed by atoms with Crippen LogP contribution in [0.15, 0.2) is 42.7 Å². The van der Waals surface area contributed by atoms with Crippen molar-refractivity contribution < 1.29 is 42.9 Å². The number of anilines is 1. The molecule has 0 bridgehead atoms. The summed E-state index contributed by atoms with van der Waals surface area (Å²) in [5.41, 5.74) is 0.970. The Morgan fingerprint density at radius 2 is 1.60 bits per heavy atom. The summed E-state index contributed by atoms with van der Waals surface area (Å²) in [4.78, 5) is 79.1. The summed E-state index contributed by atoms with van der Waals surface area (Å²) in [6.07, 6.45) is 10.1. The zero-order valence-electron chi connectivity index (χ0n) is 36.1. The van der Waals surface area contributed by atoms with Crippen LogP contribution in [-0.2, 0) is 9.59 Å². The number of piperidine rings is 2. The minimum atomic E-state index is -1.06. The summed E-state index contributed by atoms with van der Waals surface area (Å²) in [5, 5.41) is 14.6. The Kier molecular flexibility index (Phi) is 12.8. The van der Waals surface area contributed by atoms with Gasteiger partial charge in [0.15, 0.2) is 0 Å². The highest BCUT2D eigenvalue weighted by Gasteiger charge is 2.47. The molecule has 17 nitrogen and oxygen atoms in total. The number of carbonyl (C=O) groups excluding carboxylic acids is 5. The first-order valence-corrected chi connectivity index (χ1v) is 21.9. The summed E-state index contributed by atoms with van der Waals surface area (Å²) >= 11 is 0. The normalized spacial score (nSPS) is 23.8. The number of aromatic nitrogens is 2. The van der Waals surface area contributed by atoms with Crippen molar-refractivity contribution in [2.75, 3.05) is 38.8 Å². The number of carbonyl (C=O) groups is 5. The minimum absolute atomic E-state index is 0.0144. The predicted octanol–water partition coefficient (Wildman–Crippen LogP) is 4.42. The zero-order chi connectivity index (χ0) is 44.4. The van der Waals surface area contributed by atoms with Crippen molar-refractivity contribution in [3.8, 4) is 29.1 Å². The summed E-state index contributed by atoms with van der Waals surface area (Å²) in [6, 6.07) is 10.1. The van der Waals surface area contributed by atoms with Crippen LogP contribution < -0.4 is 34.5 Å². The molecule has 5 aliphatic rings. The number of ether oxygens (including phenoxy) is 4. The van der Waals surface area contributed by atoms with Gasteiger partial charge in [0, 0.05) is 69.2 Å². The van der Waals surface area contributed by atoms with Crippen LogP contribution in [0.3, 0.4) is 0 Å². The Morgan fingerprint density at radius 1 is 0.889 bits per heavy atom. The highest BCUT2D eigenvalue weighted by atomic mass is 16.5. The highest BCUT2D eigenvalue weighted by Crippen LogP contribution is 2.40. The van der Waals surface area contributed by atoms with Crippen LogP contribution in [0.25, 0.3) is 0 Å². The lowest BCUT2D eigenvalue weighted by Crippen LogP contribution is -2.54. The van der Waals surface area contributed by atoms with Gasteiger partial charge in [-0.2, -0.15) is 5.26 Å². The second kappa shape index (κ2) is 18.6. The van der Waals surface area contributed by atoms with Crippen LogP contribution in [-0.4, -0.2) is 120 Å². The van der Waals surface area contributed by atoms with Crippen LogP contribution >= 0.6 is 0 Å². The maximum absolute atomic E-state index is 13.5. The predicted molar refractivity (Wildman–Crippen MR) is 228 cm³/mol. The number of rotatable bonds is 14. The van der Waals surface area contributed by atoms with Gasteiger partial charge in [-0.3, -0.25) is 39.1 Å². The molecule has 0 radical (unpaired) electrons. The molecule has 0 spiro atoms. The maximum Gasteiger partial charge on any atom is 0.271 e. The minimum Gasteiger partial charge on any atom is -0.496 e. The number of methoxy groups -OCH3 is 2. The highest BCUT2D eigenvalue weighted by molar-refractivity contribution is 6.24. The van der Waals surface area contributed by atoms with Crippen molar-refractivity contribution in [1.29, 1.82) is 5.26 Å². The number of nitriles is 1. The second-order valence-corrected chi connectivity index (χ2v) is 17.4. The first kappa shape index (κ1) is 43.4. The molecule has 8 rings (SSSR count). The van der Waals surface area contributed by atoms with Crippen molar-refractivity contribution >= 4 is 35.4 Å². The van der Waals surface area contributed by atoms with Crippen LogP contribution in [0.4, 0.5) is 5.82 Å². The SMILES string of the molecule is COc1cc(OC2CCC(NC(=O)c3cnc(N4CCC(CN(C(C)C)C5CC(Oc6cc(OC)c7c(c6)C(=O)N([C@@H]6CCC(=O)NC6=O)C7=O)C5)CC4)cn3)CC2)ccc1C#N. The van der Waals surface area contributed by atoms with E-state index in [1.54, 1.807) is 42.7 Å². The summed E-state index contributed by atoms with van der Waals surface area (Å²) in [7, 11) is 2.95. The molecule has 2 aliphatic carbocycles. The fraction of sp³-hybridized carbons (Fsp3) is 0.522. The summed E-state index contributed by atoms with van der Waals surface area (Å²) < 4.78 is 23.3. The van der Waals surface area contributed by atoms with Gasteiger partial charge < -0.3 is 29.2 Å². The molecule has 1 aromatic heterocycles. The van der Waals surface area contributed by atoms with E-state index in [0.717, 1.165) is 81.7 Å². The van der Waals surface area contributed by atoms with E-state index < -0.39 is 29.7 Å². The molecule has 5 amide bonds. The van der Waals surface area contributed by atoms with E-state index in [0.29, 0.717) is 46.5 Å². The first-order valence-electron chi connectivity index (χ1n) is 21.9. The van der Waals surface area contributed by atoms with E-state index in [1.165, 1.54) is 14.2 Å². The molecule has 4 fully saturated rings. The molecule has 0 unspecified atom stereocenters. The van der Waals surface area contributed by atoms with Crippen LogP contribution in [0.2, 0.25) is 0 Å². The summed E-state index contributed by atoms with van der Waals surface area (Å²) in [5.74, 6) is 0.487. The van der Waals surface area contributed by atoms with Crippen LogP contribution in [0.5, 0.6) is 23.0 Å². The van der Waals surface area contributed by atoms with E-state index in [4.69, 9.17) is 18.9 Å². The number of imide groups is 2. The Hall–Kier alpha value is -6.28. The number of nitrogens with zero attached hydrogens (tertiary/aromatic N) is 6. The average molecular weight is 863 g/mol. The number of benzene rings is 2. The molecule has 4 heterocycles. The summed E-state index contributed by atoms with van der Waals surface area (Å²) in [6.45, 7) is 7.09. The largest absolute Gasteiger partial charge is 0.496 e. The van der Waals surface area contributed by atoms with Gasteiger partial charge in [-0.1, -0.05) is 0 Å². The van der Waals surface area contributed by atoms with Crippen LogP contribution in [0, 0.1) is 17.2 Å². The average Bonchev–Trinajstić information content (AvgIpc) is 3.52. The van der Waals surface area contributed by atoms with Crippen molar-refractivity contribution in [2.24, 2.45) is 5.92 Å². The topological polar surface area (TPSA) is 206 Å². The lowest BCUT2D eigenvalue weighted by atomic mass is 9.85. The maximum atomic E-state index is 13.5.